The van der Waals surface area contributed by atoms with Crippen LogP contribution in [0.2, 0.25) is 0 Å². The first-order valence-corrected chi connectivity index (χ1v) is 11.1. The second-order valence-corrected chi connectivity index (χ2v) is 7.89. The Morgan fingerprint density at radius 3 is 2.66 bits per heavy atom. The van der Waals surface area contributed by atoms with Crippen LogP contribution in [-0.4, -0.2) is 49.2 Å². The molecule has 29 heavy (non-hydrogen) atoms. The van der Waals surface area contributed by atoms with E-state index >= 15 is 0 Å². The smallest absolute Gasteiger partial charge is 0.261 e. The summed E-state index contributed by atoms with van der Waals surface area (Å²) in [4.78, 5) is 21.7. The van der Waals surface area contributed by atoms with Gasteiger partial charge in [0.25, 0.3) is 5.78 Å². The Balaban J connectivity index is 1.54. The Morgan fingerprint density at radius 1 is 1.07 bits per heavy atom. The molecule has 2 heterocycles. The van der Waals surface area contributed by atoms with Crippen LogP contribution in [0.4, 0.5) is 11.9 Å². The Morgan fingerprint density at radius 2 is 1.86 bits per heavy atom. The molecule has 0 unspecified atom stereocenters. The molecular formula is C20H25N7OS. The number of hydrogen-bond acceptors (Lipinski definition) is 8. The second kappa shape index (κ2) is 8.77. The van der Waals surface area contributed by atoms with Crippen molar-refractivity contribution in [1.82, 2.24) is 24.6 Å². The zero-order valence-electron chi connectivity index (χ0n) is 16.7. The third kappa shape index (κ3) is 4.19. The van der Waals surface area contributed by atoms with Crippen molar-refractivity contribution in [3.05, 3.63) is 34.9 Å². The number of Topliss-reactive ketones (excluding diaryl/α,β-unsaturated/α-hetero) is 1. The maximum atomic E-state index is 12.8. The summed E-state index contributed by atoms with van der Waals surface area (Å²) < 4.78 is 1.76. The Hall–Kier alpha value is -2.68. The minimum Gasteiger partial charge on any atom is -0.355 e. The van der Waals surface area contributed by atoms with Gasteiger partial charge in [-0.3, -0.25) is 4.79 Å². The van der Waals surface area contributed by atoms with E-state index in [-0.39, 0.29) is 5.78 Å². The van der Waals surface area contributed by atoms with Crippen LogP contribution in [-0.2, 0) is 12.8 Å². The van der Waals surface area contributed by atoms with Gasteiger partial charge < -0.3 is 10.6 Å². The van der Waals surface area contributed by atoms with Crippen LogP contribution in [0.1, 0.15) is 48.2 Å². The summed E-state index contributed by atoms with van der Waals surface area (Å²) in [6.45, 7) is 5.40. The van der Waals surface area contributed by atoms with Crippen molar-refractivity contribution in [2.45, 2.75) is 44.7 Å². The second-order valence-electron chi connectivity index (χ2n) is 6.95. The molecule has 2 aromatic heterocycles. The van der Waals surface area contributed by atoms with E-state index in [1.54, 1.807) is 4.40 Å². The number of thioether (sulfide) groups is 1. The number of rotatable bonds is 8. The zero-order chi connectivity index (χ0) is 20.2. The number of fused-ring (bicyclic) bond motifs is 2. The summed E-state index contributed by atoms with van der Waals surface area (Å²) in [5, 5.41) is 15.3. The number of aromatic nitrogens is 5. The van der Waals surface area contributed by atoms with E-state index in [1.165, 1.54) is 35.7 Å². The highest BCUT2D eigenvalue weighted by Crippen LogP contribution is 2.25. The van der Waals surface area contributed by atoms with Crippen molar-refractivity contribution in [2.24, 2.45) is 0 Å². The Kier molecular flexibility index (Phi) is 5.94. The topological polar surface area (TPSA) is 97.1 Å². The van der Waals surface area contributed by atoms with Crippen molar-refractivity contribution in [3.8, 4) is 0 Å². The van der Waals surface area contributed by atoms with Crippen molar-refractivity contribution >= 4 is 35.2 Å². The number of aryl methyl sites for hydroxylation is 2. The average Bonchev–Trinajstić information content (AvgIpc) is 3.15. The molecule has 3 aromatic rings. The molecular weight excluding hydrogens is 386 g/mol. The van der Waals surface area contributed by atoms with E-state index in [1.807, 2.05) is 19.9 Å². The lowest BCUT2D eigenvalue weighted by atomic mass is 9.90. The van der Waals surface area contributed by atoms with E-state index < -0.39 is 0 Å². The van der Waals surface area contributed by atoms with Crippen LogP contribution in [0, 0.1) is 0 Å². The predicted molar refractivity (Wildman–Crippen MR) is 115 cm³/mol. The molecule has 1 aliphatic carbocycles. The first kappa shape index (κ1) is 19.6. The number of carbonyl (C=O) groups excluding carboxylic acids is 1. The SMILES string of the molecule is CCNc1nc(NCC)n2c(SCC(=O)c3ccc4c(c3)CCCC4)nnc2n1. The van der Waals surface area contributed by atoms with E-state index in [0.29, 0.717) is 41.7 Å². The molecule has 0 aliphatic heterocycles. The molecule has 8 nitrogen and oxygen atoms in total. The van der Waals surface area contributed by atoms with Crippen molar-refractivity contribution in [1.29, 1.82) is 0 Å². The van der Waals surface area contributed by atoms with Crippen molar-refractivity contribution < 1.29 is 4.79 Å². The highest BCUT2D eigenvalue weighted by atomic mass is 32.2. The molecule has 9 heteroatoms. The first-order chi connectivity index (χ1) is 14.2. The molecule has 0 amide bonds. The van der Waals surface area contributed by atoms with Gasteiger partial charge in [0, 0.05) is 18.7 Å². The molecule has 4 rings (SSSR count). The molecule has 0 saturated heterocycles. The van der Waals surface area contributed by atoms with Crippen LogP contribution < -0.4 is 10.6 Å². The summed E-state index contributed by atoms with van der Waals surface area (Å²) in [6, 6.07) is 6.12. The monoisotopic (exact) mass is 411 g/mol. The summed E-state index contributed by atoms with van der Waals surface area (Å²) in [5.74, 6) is 1.96. The first-order valence-electron chi connectivity index (χ1n) is 10.1. The summed E-state index contributed by atoms with van der Waals surface area (Å²) in [6.07, 6.45) is 4.62. The summed E-state index contributed by atoms with van der Waals surface area (Å²) in [7, 11) is 0. The number of nitrogens with one attached hydrogen (secondary N) is 2. The Bertz CT molecular complexity index is 1030. The fraction of sp³-hybridized carbons (Fsp3) is 0.450. The minimum atomic E-state index is 0.0929. The van der Waals surface area contributed by atoms with Gasteiger partial charge in [-0.15, -0.1) is 10.2 Å². The number of hydrogen-bond donors (Lipinski definition) is 2. The average molecular weight is 412 g/mol. The molecule has 2 N–H and O–H groups in total. The Labute approximate surface area is 173 Å². The third-order valence-electron chi connectivity index (χ3n) is 4.92. The quantitative estimate of drug-likeness (QED) is 0.431. The molecule has 0 radical (unpaired) electrons. The summed E-state index contributed by atoms with van der Waals surface area (Å²) >= 11 is 1.36. The standard InChI is InChI=1S/C20H25N7OS/c1-3-21-17-23-18(22-4-2)27-19(24-17)25-26-20(27)29-12-16(28)15-10-9-13-7-5-6-8-14(13)11-15/h9-11H,3-8,12H2,1-2H3,(H2,21,22,23,24,25). The van der Waals surface area contributed by atoms with Crippen LogP contribution in [0.15, 0.2) is 23.4 Å². The van der Waals surface area contributed by atoms with Gasteiger partial charge in [-0.25, -0.2) is 4.40 Å². The molecule has 0 atom stereocenters. The number of carbonyl (C=O) groups is 1. The van der Waals surface area contributed by atoms with E-state index in [9.17, 15) is 4.79 Å². The van der Waals surface area contributed by atoms with Gasteiger partial charge in [0.2, 0.25) is 11.9 Å². The van der Waals surface area contributed by atoms with E-state index in [2.05, 4.69) is 42.9 Å². The molecule has 0 saturated carbocycles. The van der Waals surface area contributed by atoms with Gasteiger partial charge >= 0.3 is 0 Å². The molecule has 152 valence electrons. The van der Waals surface area contributed by atoms with Crippen molar-refractivity contribution in [3.63, 3.8) is 0 Å². The lowest BCUT2D eigenvalue weighted by Gasteiger charge is -2.16. The highest BCUT2D eigenvalue weighted by molar-refractivity contribution is 7.99. The zero-order valence-corrected chi connectivity index (χ0v) is 17.6. The normalized spacial score (nSPS) is 13.3. The molecule has 1 aliphatic rings. The van der Waals surface area contributed by atoms with E-state index in [4.69, 9.17) is 0 Å². The maximum absolute atomic E-state index is 12.8. The highest BCUT2D eigenvalue weighted by Gasteiger charge is 2.17. The fourth-order valence-corrected chi connectivity index (χ4v) is 4.34. The third-order valence-corrected chi connectivity index (χ3v) is 5.85. The van der Waals surface area contributed by atoms with Gasteiger partial charge in [0.1, 0.15) is 0 Å². The molecule has 0 bridgehead atoms. The fourth-order valence-electron chi connectivity index (χ4n) is 3.52. The number of benzene rings is 1. The van der Waals surface area contributed by atoms with Gasteiger partial charge in [0.15, 0.2) is 10.9 Å². The number of anilines is 2. The van der Waals surface area contributed by atoms with Crippen LogP contribution in [0.3, 0.4) is 0 Å². The van der Waals surface area contributed by atoms with Gasteiger partial charge in [-0.05, 0) is 56.7 Å². The summed E-state index contributed by atoms with van der Waals surface area (Å²) in [5.41, 5.74) is 3.47. The van der Waals surface area contributed by atoms with Crippen LogP contribution in [0.25, 0.3) is 5.78 Å². The predicted octanol–water partition coefficient (Wildman–Crippen LogP) is 3.24. The lowest BCUT2D eigenvalue weighted by molar-refractivity contribution is 0.102. The molecule has 0 fully saturated rings. The van der Waals surface area contributed by atoms with Gasteiger partial charge in [-0.1, -0.05) is 23.9 Å². The number of nitrogens with zero attached hydrogens (tertiary/aromatic N) is 5. The van der Waals surface area contributed by atoms with Crippen molar-refractivity contribution in [2.75, 3.05) is 29.5 Å². The van der Waals surface area contributed by atoms with E-state index in [0.717, 1.165) is 18.4 Å². The maximum Gasteiger partial charge on any atom is 0.261 e. The van der Waals surface area contributed by atoms with Crippen LogP contribution >= 0.6 is 11.8 Å². The minimum absolute atomic E-state index is 0.0929. The molecule has 0 spiro atoms. The van der Waals surface area contributed by atoms with Gasteiger partial charge in [0.05, 0.1) is 5.75 Å². The largest absolute Gasteiger partial charge is 0.355 e. The van der Waals surface area contributed by atoms with Gasteiger partial charge in [-0.2, -0.15) is 9.97 Å². The van der Waals surface area contributed by atoms with Crippen LogP contribution in [0.5, 0.6) is 0 Å². The number of ketones is 1. The molecule has 1 aromatic carbocycles. The lowest BCUT2D eigenvalue weighted by Crippen LogP contribution is -2.12.